The van der Waals surface area contributed by atoms with Crippen molar-refractivity contribution in [2.45, 2.75) is 18.9 Å². The fourth-order valence-corrected chi connectivity index (χ4v) is 4.09. The smallest absolute Gasteiger partial charge is 0.298 e. The zero-order valence-electron chi connectivity index (χ0n) is 18.3. The van der Waals surface area contributed by atoms with Crippen molar-refractivity contribution in [1.29, 1.82) is 0 Å². The Morgan fingerprint density at radius 3 is 2.69 bits per heavy atom. The second kappa shape index (κ2) is 9.80. The number of thiazole rings is 1. The van der Waals surface area contributed by atoms with Gasteiger partial charge in [-0.3, -0.25) is 14.6 Å². The van der Waals surface area contributed by atoms with Crippen LogP contribution in [0.1, 0.15) is 34.6 Å². The lowest BCUT2D eigenvalue weighted by Crippen LogP contribution is -2.31. The number of rotatable bonds is 7. The standard InChI is InChI=1S/C24H19F3N4O3S/c1-14(17-6-3-7-18(22(17)25)24(26,27)12-32)29-23(34)19-8-9-21(33)31(30-19)16-5-2-4-15(10-16)20-11-28-13-35-20/h2-11,13-14,32H,12H2,1H3,(H,29,34)/t14-/m1/s1. The van der Waals surface area contributed by atoms with Crippen molar-refractivity contribution in [1.82, 2.24) is 20.1 Å². The summed E-state index contributed by atoms with van der Waals surface area (Å²) in [6.45, 7) is -0.129. The molecule has 0 fully saturated rings. The Hall–Kier alpha value is -3.83. The van der Waals surface area contributed by atoms with Gasteiger partial charge in [-0.1, -0.05) is 24.3 Å². The molecule has 0 unspecified atom stereocenters. The molecule has 0 saturated heterocycles. The summed E-state index contributed by atoms with van der Waals surface area (Å²) in [5.74, 6) is -5.73. The van der Waals surface area contributed by atoms with E-state index in [1.54, 1.807) is 29.9 Å². The number of aromatic nitrogens is 3. The first-order valence-corrected chi connectivity index (χ1v) is 11.3. The Morgan fingerprint density at radius 1 is 1.20 bits per heavy atom. The molecule has 7 nitrogen and oxygen atoms in total. The van der Waals surface area contributed by atoms with Crippen molar-refractivity contribution < 1.29 is 23.1 Å². The normalized spacial score (nSPS) is 12.4. The van der Waals surface area contributed by atoms with Crippen molar-refractivity contribution in [3.8, 4) is 16.1 Å². The molecule has 35 heavy (non-hydrogen) atoms. The Labute approximate surface area is 201 Å². The third-order valence-corrected chi connectivity index (χ3v) is 6.10. The Bertz CT molecular complexity index is 1420. The Kier molecular flexibility index (Phi) is 6.81. The number of amides is 1. The summed E-state index contributed by atoms with van der Waals surface area (Å²) in [6, 6.07) is 11.7. The van der Waals surface area contributed by atoms with Crippen molar-refractivity contribution in [3.63, 3.8) is 0 Å². The van der Waals surface area contributed by atoms with Crippen LogP contribution in [0.15, 0.2) is 71.1 Å². The summed E-state index contributed by atoms with van der Waals surface area (Å²) < 4.78 is 43.5. The lowest BCUT2D eigenvalue weighted by molar-refractivity contribution is -0.0584. The van der Waals surface area contributed by atoms with Crippen LogP contribution in [0.5, 0.6) is 0 Å². The van der Waals surface area contributed by atoms with Gasteiger partial charge in [-0.05, 0) is 36.8 Å². The monoisotopic (exact) mass is 500 g/mol. The molecular weight excluding hydrogens is 481 g/mol. The van der Waals surface area contributed by atoms with Crippen LogP contribution in [0, 0.1) is 5.82 Å². The van der Waals surface area contributed by atoms with Crippen molar-refractivity contribution >= 4 is 17.2 Å². The number of carbonyl (C=O) groups excluding carboxylic acids is 1. The van der Waals surface area contributed by atoms with Gasteiger partial charge in [-0.25, -0.2) is 4.39 Å². The zero-order chi connectivity index (χ0) is 25.2. The zero-order valence-corrected chi connectivity index (χ0v) is 19.1. The van der Waals surface area contributed by atoms with E-state index in [1.807, 2.05) is 6.07 Å². The summed E-state index contributed by atoms with van der Waals surface area (Å²) in [7, 11) is 0. The van der Waals surface area contributed by atoms with Crippen molar-refractivity contribution in [3.05, 3.63) is 99.3 Å². The first-order chi connectivity index (χ1) is 16.7. The lowest BCUT2D eigenvalue weighted by Gasteiger charge is -2.20. The average Bonchev–Trinajstić information content (AvgIpc) is 3.39. The van der Waals surface area contributed by atoms with E-state index in [0.717, 1.165) is 21.2 Å². The predicted molar refractivity (Wildman–Crippen MR) is 124 cm³/mol. The number of carbonyl (C=O) groups is 1. The molecule has 4 rings (SSSR count). The van der Waals surface area contributed by atoms with E-state index in [2.05, 4.69) is 15.4 Å². The maximum atomic E-state index is 14.7. The number of nitrogens with zero attached hydrogens (tertiary/aromatic N) is 3. The fraction of sp³-hybridized carbons (Fsp3) is 0.167. The van der Waals surface area contributed by atoms with E-state index in [0.29, 0.717) is 5.69 Å². The molecule has 0 aliphatic heterocycles. The van der Waals surface area contributed by atoms with E-state index in [-0.39, 0.29) is 11.3 Å². The van der Waals surface area contributed by atoms with Gasteiger partial charge in [0.1, 0.15) is 18.1 Å². The quantitative estimate of drug-likeness (QED) is 0.399. The molecule has 1 atom stereocenters. The van der Waals surface area contributed by atoms with Gasteiger partial charge >= 0.3 is 0 Å². The average molecular weight is 501 g/mol. The van der Waals surface area contributed by atoms with Crippen molar-refractivity contribution in [2.24, 2.45) is 0 Å². The van der Waals surface area contributed by atoms with Gasteiger partial charge in [0.15, 0.2) is 0 Å². The van der Waals surface area contributed by atoms with E-state index in [1.165, 1.54) is 42.5 Å². The minimum absolute atomic E-state index is 0.128. The predicted octanol–water partition coefficient (Wildman–Crippen LogP) is 4.07. The first-order valence-electron chi connectivity index (χ1n) is 10.4. The number of aliphatic hydroxyl groups is 1. The highest BCUT2D eigenvalue weighted by molar-refractivity contribution is 7.13. The van der Waals surface area contributed by atoms with Crippen LogP contribution in [0.4, 0.5) is 13.2 Å². The highest BCUT2D eigenvalue weighted by atomic mass is 32.1. The SMILES string of the molecule is C[C@@H](NC(=O)c1ccc(=O)n(-c2cccc(-c3cncs3)c2)n1)c1cccc(C(F)(F)CO)c1F. The van der Waals surface area contributed by atoms with Crippen LogP contribution < -0.4 is 10.9 Å². The largest absolute Gasteiger partial charge is 0.390 e. The molecule has 0 aliphatic carbocycles. The number of hydrogen-bond donors (Lipinski definition) is 2. The molecule has 1 amide bonds. The summed E-state index contributed by atoms with van der Waals surface area (Å²) in [6.07, 6.45) is 1.69. The van der Waals surface area contributed by atoms with Crippen LogP contribution in [0.25, 0.3) is 16.1 Å². The molecule has 180 valence electrons. The van der Waals surface area contributed by atoms with E-state index in [9.17, 15) is 22.8 Å². The van der Waals surface area contributed by atoms with Crippen LogP contribution in [0.2, 0.25) is 0 Å². The van der Waals surface area contributed by atoms with E-state index in [4.69, 9.17) is 5.11 Å². The Morgan fingerprint density at radius 2 is 1.97 bits per heavy atom. The molecule has 0 spiro atoms. The topological polar surface area (TPSA) is 97.1 Å². The number of hydrogen-bond acceptors (Lipinski definition) is 6. The third kappa shape index (κ3) is 5.00. The van der Waals surface area contributed by atoms with Gasteiger partial charge in [-0.2, -0.15) is 18.6 Å². The van der Waals surface area contributed by atoms with Crippen LogP contribution in [-0.4, -0.2) is 32.4 Å². The summed E-state index contributed by atoms with van der Waals surface area (Å²) in [5.41, 5.74) is 1.17. The number of benzene rings is 2. The van der Waals surface area contributed by atoms with Crippen LogP contribution >= 0.6 is 11.3 Å². The molecule has 0 radical (unpaired) electrons. The molecular formula is C24H19F3N4O3S. The maximum Gasteiger partial charge on any atom is 0.298 e. The van der Waals surface area contributed by atoms with Gasteiger partial charge in [0.05, 0.1) is 27.7 Å². The molecule has 2 N–H and O–H groups in total. The highest BCUT2D eigenvalue weighted by Crippen LogP contribution is 2.32. The van der Waals surface area contributed by atoms with Gasteiger partial charge in [0, 0.05) is 17.8 Å². The Balaban J connectivity index is 1.61. The van der Waals surface area contributed by atoms with Gasteiger partial charge in [-0.15, -0.1) is 11.3 Å². The highest BCUT2D eigenvalue weighted by Gasteiger charge is 2.35. The summed E-state index contributed by atoms with van der Waals surface area (Å²) in [5, 5.41) is 15.5. The molecule has 11 heteroatoms. The molecule has 2 aromatic carbocycles. The van der Waals surface area contributed by atoms with Gasteiger partial charge in [0.2, 0.25) is 0 Å². The fourth-order valence-electron chi connectivity index (χ4n) is 3.47. The van der Waals surface area contributed by atoms with E-state index >= 15 is 0 Å². The molecule has 0 aliphatic rings. The van der Waals surface area contributed by atoms with E-state index < -0.39 is 41.4 Å². The number of alkyl halides is 2. The molecule has 4 aromatic rings. The molecule has 0 bridgehead atoms. The second-order valence-corrected chi connectivity index (χ2v) is 8.54. The van der Waals surface area contributed by atoms with Crippen molar-refractivity contribution in [2.75, 3.05) is 6.61 Å². The molecule has 2 heterocycles. The maximum absolute atomic E-state index is 14.7. The minimum atomic E-state index is -3.77. The number of nitrogens with one attached hydrogen (secondary N) is 1. The molecule has 0 saturated carbocycles. The second-order valence-electron chi connectivity index (χ2n) is 7.65. The third-order valence-electron chi connectivity index (χ3n) is 5.28. The number of aliphatic hydroxyl groups excluding tert-OH is 1. The minimum Gasteiger partial charge on any atom is -0.390 e. The van der Waals surface area contributed by atoms with Crippen LogP contribution in [-0.2, 0) is 5.92 Å². The van der Waals surface area contributed by atoms with Gasteiger partial charge in [0.25, 0.3) is 17.4 Å². The van der Waals surface area contributed by atoms with Gasteiger partial charge < -0.3 is 10.4 Å². The number of halogens is 3. The lowest BCUT2D eigenvalue weighted by atomic mass is 10.0. The summed E-state index contributed by atoms with van der Waals surface area (Å²) >= 11 is 1.43. The molecule has 2 aromatic heterocycles. The van der Waals surface area contributed by atoms with Crippen LogP contribution in [0.3, 0.4) is 0 Å². The first kappa shape index (κ1) is 24.3. The summed E-state index contributed by atoms with van der Waals surface area (Å²) in [4.78, 5) is 30.2.